The predicted octanol–water partition coefficient (Wildman–Crippen LogP) is 4.65. The summed E-state index contributed by atoms with van der Waals surface area (Å²) in [5.74, 6) is 5.45. The van der Waals surface area contributed by atoms with Gasteiger partial charge in [-0.05, 0) is 47.5 Å². The zero-order valence-electron chi connectivity index (χ0n) is 16.3. The molecule has 4 nitrogen and oxygen atoms in total. The lowest BCUT2D eigenvalue weighted by molar-refractivity contribution is -0.157. The number of esters is 2. The summed E-state index contributed by atoms with van der Waals surface area (Å²) in [5, 5.41) is 0. The molecule has 1 atom stereocenters. The van der Waals surface area contributed by atoms with Gasteiger partial charge in [-0.2, -0.15) is 0 Å². The number of carbonyl (C=O) groups excluding carboxylic acids is 2. The second kappa shape index (κ2) is 11.1. The summed E-state index contributed by atoms with van der Waals surface area (Å²) in [6.45, 7) is 11.5. The van der Waals surface area contributed by atoms with E-state index in [1.807, 2.05) is 20.8 Å². The Labute approximate surface area is 147 Å². The van der Waals surface area contributed by atoms with Gasteiger partial charge < -0.3 is 9.47 Å². The Morgan fingerprint density at radius 3 is 2.21 bits per heavy atom. The summed E-state index contributed by atoms with van der Waals surface area (Å²) >= 11 is 0. The number of rotatable bonds is 9. The van der Waals surface area contributed by atoms with Gasteiger partial charge in [-0.25, -0.2) is 0 Å². The van der Waals surface area contributed by atoms with Crippen molar-refractivity contribution in [2.24, 2.45) is 5.41 Å². The van der Waals surface area contributed by atoms with Gasteiger partial charge >= 0.3 is 11.9 Å². The van der Waals surface area contributed by atoms with Crippen LogP contribution in [0.2, 0.25) is 0 Å². The lowest BCUT2D eigenvalue weighted by atomic mass is 9.86. The molecule has 0 amide bonds. The van der Waals surface area contributed by atoms with Crippen molar-refractivity contribution >= 4 is 11.9 Å². The van der Waals surface area contributed by atoms with Gasteiger partial charge in [0, 0.05) is 12.8 Å². The quantitative estimate of drug-likeness (QED) is 0.349. The topological polar surface area (TPSA) is 52.6 Å². The normalized spacial score (nSPS) is 13.4. The molecular formula is C20H34O4. The Bertz CT molecular complexity index is 450. The molecule has 4 heteroatoms. The Balaban J connectivity index is 4.75. The van der Waals surface area contributed by atoms with E-state index in [0.29, 0.717) is 13.0 Å². The van der Waals surface area contributed by atoms with Gasteiger partial charge in [0.15, 0.2) is 0 Å². The number of unbranched alkanes of at least 4 members (excludes halogenated alkanes) is 4. The minimum atomic E-state index is -0.961. The first-order valence-corrected chi connectivity index (χ1v) is 9.03. The molecule has 0 saturated heterocycles. The summed E-state index contributed by atoms with van der Waals surface area (Å²) in [6.07, 6.45) is 5.80. The fourth-order valence-corrected chi connectivity index (χ4v) is 2.15. The number of ether oxygens (including phenoxy) is 2. The van der Waals surface area contributed by atoms with Crippen molar-refractivity contribution < 1.29 is 19.1 Å². The summed E-state index contributed by atoms with van der Waals surface area (Å²) in [5.41, 5.74) is -1.49. The van der Waals surface area contributed by atoms with Crippen molar-refractivity contribution in [2.45, 2.75) is 92.1 Å². The molecule has 0 aliphatic rings. The first-order chi connectivity index (χ1) is 11.1. The van der Waals surface area contributed by atoms with E-state index in [0.717, 1.165) is 19.3 Å². The predicted molar refractivity (Wildman–Crippen MR) is 96.4 cm³/mol. The molecule has 0 bridgehead atoms. The number of hydrogen-bond acceptors (Lipinski definition) is 4. The number of hydrogen-bond donors (Lipinski definition) is 0. The molecule has 0 heterocycles. The van der Waals surface area contributed by atoms with Gasteiger partial charge in [0.05, 0.1) is 6.61 Å². The Morgan fingerprint density at radius 2 is 1.67 bits per heavy atom. The van der Waals surface area contributed by atoms with Crippen LogP contribution in [-0.4, -0.2) is 24.1 Å². The maximum Gasteiger partial charge on any atom is 0.323 e. The van der Waals surface area contributed by atoms with Crippen molar-refractivity contribution in [2.75, 3.05) is 6.61 Å². The van der Waals surface area contributed by atoms with Crippen LogP contribution in [0, 0.1) is 17.3 Å². The van der Waals surface area contributed by atoms with Gasteiger partial charge in [-0.3, -0.25) is 9.59 Å². The molecule has 0 aliphatic carbocycles. The Kier molecular flexibility index (Phi) is 10.4. The van der Waals surface area contributed by atoms with Gasteiger partial charge in [-0.15, -0.1) is 5.92 Å². The van der Waals surface area contributed by atoms with Crippen molar-refractivity contribution in [3.8, 4) is 11.8 Å². The van der Waals surface area contributed by atoms with E-state index in [-0.39, 0.29) is 18.4 Å². The molecule has 0 aliphatic heterocycles. The fraction of sp³-hybridized carbons (Fsp3) is 0.800. The van der Waals surface area contributed by atoms with Crippen molar-refractivity contribution in [3.63, 3.8) is 0 Å². The van der Waals surface area contributed by atoms with Crippen LogP contribution in [0.15, 0.2) is 0 Å². The third-order valence-corrected chi connectivity index (χ3v) is 3.49. The first-order valence-electron chi connectivity index (χ1n) is 9.03. The molecular weight excluding hydrogens is 304 g/mol. The van der Waals surface area contributed by atoms with Crippen LogP contribution in [0.3, 0.4) is 0 Å². The summed E-state index contributed by atoms with van der Waals surface area (Å²) in [4.78, 5) is 24.2. The van der Waals surface area contributed by atoms with E-state index < -0.39 is 11.0 Å². The molecule has 24 heavy (non-hydrogen) atoms. The lowest BCUT2D eigenvalue weighted by Gasteiger charge is -2.23. The highest BCUT2D eigenvalue weighted by Gasteiger charge is 2.34. The molecule has 0 aromatic carbocycles. The highest BCUT2D eigenvalue weighted by molar-refractivity contribution is 5.81. The largest absolute Gasteiger partial charge is 0.465 e. The molecule has 138 valence electrons. The van der Waals surface area contributed by atoms with Crippen LogP contribution >= 0.6 is 0 Å². The van der Waals surface area contributed by atoms with Gasteiger partial charge in [0.2, 0.25) is 0 Å². The van der Waals surface area contributed by atoms with Crippen LogP contribution in [0.5, 0.6) is 0 Å². The zero-order valence-corrected chi connectivity index (χ0v) is 16.3. The van der Waals surface area contributed by atoms with E-state index in [1.165, 1.54) is 12.8 Å². The van der Waals surface area contributed by atoms with E-state index >= 15 is 0 Å². The first kappa shape index (κ1) is 22.5. The van der Waals surface area contributed by atoms with Crippen molar-refractivity contribution in [1.82, 2.24) is 0 Å². The fourth-order valence-electron chi connectivity index (χ4n) is 2.15. The molecule has 0 N–H and O–H groups in total. The van der Waals surface area contributed by atoms with E-state index in [2.05, 4.69) is 18.8 Å². The smallest absolute Gasteiger partial charge is 0.323 e. The summed E-state index contributed by atoms with van der Waals surface area (Å²) < 4.78 is 10.4. The standard InChI is InChI=1S/C20H34O4/c1-7-9-10-11-12-13-15-20(6,18(22)23-8-2)16-14-17(21)24-19(3,4)5/h7-12,14,16H2,1-6H3. The highest BCUT2D eigenvalue weighted by atomic mass is 16.6. The molecule has 0 fully saturated rings. The average Bonchev–Trinajstić information content (AvgIpc) is 2.47. The van der Waals surface area contributed by atoms with Crippen LogP contribution in [0.1, 0.15) is 86.5 Å². The van der Waals surface area contributed by atoms with Crippen molar-refractivity contribution in [3.05, 3.63) is 0 Å². The van der Waals surface area contributed by atoms with Gasteiger partial charge in [-0.1, -0.05) is 32.1 Å². The minimum Gasteiger partial charge on any atom is -0.465 e. The van der Waals surface area contributed by atoms with Crippen LogP contribution in [0.25, 0.3) is 0 Å². The molecule has 0 rings (SSSR count). The van der Waals surface area contributed by atoms with E-state index in [9.17, 15) is 9.59 Å². The van der Waals surface area contributed by atoms with Crippen molar-refractivity contribution in [1.29, 1.82) is 0 Å². The number of carbonyl (C=O) groups is 2. The van der Waals surface area contributed by atoms with Crippen LogP contribution in [0.4, 0.5) is 0 Å². The Morgan fingerprint density at radius 1 is 1.00 bits per heavy atom. The minimum absolute atomic E-state index is 0.150. The third kappa shape index (κ3) is 10.3. The second-order valence-electron chi connectivity index (χ2n) is 7.25. The molecule has 0 radical (unpaired) electrons. The van der Waals surface area contributed by atoms with Crippen LogP contribution < -0.4 is 0 Å². The second-order valence-corrected chi connectivity index (χ2v) is 7.25. The maximum atomic E-state index is 12.3. The molecule has 0 spiro atoms. The maximum absolute atomic E-state index is 12.3. The molecule has 0 saturated carbocycles. The zero-order chi connectivity index (χ0) is 18.6. The molecule has 1 unspecified atom stereocenters. The van der Waals surface area contributed by atoms with Gasteiger partial charge in [0.25, 0.3) is 0 Å². The SMILES string of the molecule is CCCCCCC#CC(C)(CCC(=O)OC(C)(C)C)C(=O)OCC. The molecule has 0 aromatic rings. The lowest BCUT2D eigenvalue weighted by Crippen LogP contribution is -2.31. The average molecular weight is 338 g/mol. The van der Waals surface area contributed by atoms with E-state index in [4.69, 9.17) is 9.47 Å². The summed E-state index contributed by atoms with van der Waals surface area (Å²) in [6, 6.07) is 0. The Hall–Kier alpha value is -1.50. The van der Waals surface area contributed by atoms with Crippen LogP contribution in [-0.2, 0) is 19.1 Å². The van der Waals surface area contributed by atoms with Gasteiger partial charge in [0.1, 0.15) is 11.0 Å². The molecule has 0 aromatic heterocycles. The summed E-state index contributed by atoms with van der Waals surface area (Å²) in [7, 11) is 0. The highest BCUT2D eigenvalue weighted by Crippen LogP contribution is 2.25. The monoisotopic (exact) mass is 338 g/mol. The van der Waals surface area contributed by atoms with E-state index in [1.54, 1.807) is 13.8 Å². The third-order valence-electron chi connectivity index (χ3n) is 3.49.